The van der Waals surface area contributed by atoms with E-state index < -0.39 is 0 Å². The molecule has 1 spiro atoms. The van der Waals surface area contributed by atoms with Crippen LogP contribution in [0.4, 0.5) is 11.4 Å². The Morgan fingerprint density at radius 1 is 0.900 bits per heavy atom. The zero-order chi connectivity index (χ0) is 27.4. The Hall–Kier alpha value is -2.48. The van der Waals surface area contributed by atoms with Crippen LogP contribution in [-0.2, 0) is 6.61 Å². The lowest BCUT2D eigenvalue weighted by Crippen LogP contribution is -2.41. The molecule has 1 aromatic heterocycles. The first-order valence-corrected chi connectivity index (χ1v) is 16.5. The average molecular weight is 680 g/mol. The van der Waals surface area contributed by atoms with E-state index in [0.29, 0.717) is 12.0 Å². The van der Waals surface area contributed by atoms with Crippen LogP contribution in [0.2, 0.25) is 0 Å². The summed E-state index contributed by atoms with van der Waals surface area (Å²) < 4.78 is 7.87. The van der Waals surface area contributed by atoms with Gasteiger partial charge in [0.25, 0.3) is 0 Å². The lowest BCUT2D eigenvalue weighted by Gasteiger charge is -2.45. The Kier molecular flexibility index (Phi) is 8.70. The fourth-order valence-electron chi connectivity index (χ4n) is 5.92. The van der Waals surface area contributed by atoms with Crippen LogP contribution in [0, 0.1) is 5.41 Å². The van der Waals surface area contributed by atoms with Crippen LogP contribution >= 0.6 is 43.2 Å². The number of ether oxygens (including phenoxy) is 1. The predicted octanol–water partition coefficient (Wildman–Crippen LogP) is 10.2. The number of aromatic nitrogens is 1. The fourth-order valence-corrected chi connectivity index (χ4v) is 7.80. The largest absolute Gasteiger partial charge is 0.485 e. The van der Waals surface area contributed by atoms with Crippen molar-refractivity contribution in [2.45, 2.75) is 51.6 Å². The summed E-state index contributed by atoms with van der Waals surface area (Å²) in [4.78, 5) is 12.0. The van der Waals surface area contributed by atoms with Gasteiger partial charge in [0.15, 0.2) is 0 Å². The molecule has 4 aromatic rings. The highest BCUT2D eigenvalue weighted by atomic mass is 79.9. The summed E-state index contributed by atoms with van der Waals surface area (Å²) in [5.74, 6) is 0.802. The van der Waals surface area contributed by atoms with Crippen molar-refractivity contribution in [3.8, 4) is 17.0 Å². The predicted molar refractivity (Wildman–Crippen MR) is 174 cm³/mol. The van der Waals surface area contributed by atoms with Crippen molar-refractivity contribution in [1.82, 2.24) is 4.98 Å². The second-order valence-corrected chi connectivity index (χ2v) is 13.6. The van der Waals surface area contributed by atoms with E-state index in [2.05, 4.69) is 78.5 Å². The molecule has 0 radical (unpaired) electrons. The van der Waals surface area contributed by atoms with Gasteiger partial charge in [0.2, 0.25) is 0 Å². The van der Waals surface area contributed by atoms with Crippen molar-refractivity contribution in [3.63, 3.8) is 0 Å². The molecule has 1 aliphatic carbocycles. The van der Waals surface area contributed by atoms with E-state index in [4.69, 9.17) is 14.7 Å². The third kappa shape index (κ3) is 6.69. The third-order valence-electron chi connectivity index (χ3n) is 8.32. The molecule has 1 saturated carbocycles. The van der Waals surface area contributed by atoms with E-state index in [-0.39, 0.29) is 0 Å². The van der Waals surface area contributed by atoms with Gasteiger partial charge in [0, 0.05) is 40.4 Å². The molecule has 0 N–H and O–H groups in total. The van der Waals surface area contributed by atoms with Gasteiger partial charge in [-0.2, -0.15) is 0 Å². The fraction of sp³-hybridized carbons (Fsp3) is 0.333. The highest BCUT2D eigenvalue weighted by Gasteiger charge is 2.35. The van der Waals surface area contributed by atoms with Crippen molar-refractivity contribution in [2.24, 2.45) is 10.4 Å². The van der Waals surface area contributed by atoms with Gasteiger partial charge < -0.3 is 9.64 Å². The zero-order valence-electron chi connectivity index (χ0n) is 22.5. The van der Waals surface area contributed by atoms with Crippen LogP contribution < -0.4 is 9.64 Å². The lowest BCUT2D eigenvalue weighted by molar-refractivity contribution is 0.144. The number of anilines is 1. The molecule has 4 nitrogen and oxygen atoms in total. The third-order valence-corrected chi connectivity index (χ3v) is 10.3. The van der Waals surface area contributed by atoms with E-state index >= 15 is 0 Å². The van der Waals surface area contributed by atoms with Crippen molar-refractivity contribution in [3.05, 3.63) is 91.6 Å². The maximum Gasteiger partial charge on any atom is 0.140 e. The molecule has 7 heteroatoms. The number of benzene rings is 3. The molecular weight excluding hydrogens is 646 g/mol. The van der Waals surface area contributed by atoms with Crippen LogP contribution in [0.15, 0.2) is 86.0 Å². The Morgan fingerprint density at radius 2 is 1.65 bits per heavy atom. The summed E-state index contributed by atoms with van der Waals surface area (Å²) in [6.07, 6.45) is 11.9. The standard InChI is InChI=1S/C33H33Br2N3OS/c34-26-8-13-31(29(35)20-26)39-22-32-37-30(23-40-32)25-6-9-27(10-7-25)36-21-24-4-11-28(12-5-24)38-18-16-33(17-19-38)14-2-1-3-15-33/h4-13,20-21,23H,1-3,14-19,22H2. The van der Waals surface area contributed by atoms with Crippen LogP contribution in [0.3, 0.4) is 0 Å². The van der Waals surface area contributed by atoms with Crippen molar-refractivity contribution < 1.29 is 4.74 Å². The first kappa shape index (κ1) is 27.7. The maximum absolute atomic E-state index is 5.94. The van der Waals surface area contributed by atoms with E-state index in [1.807, 2.05) is 36.5 Å². The molecule has 40 heavy (non-hydrogen) atoms. The number of piperidine rings is 1. The van der Waals surface area contributed by atoms with Crippen molar-refractivity contribution in [1.29, 1.82) is 0 Å². The maximum atomic E-state index is 5.94. The van der Waals surface area contributed by atoms with Gasteiger partial charge >= 0.3 is 0 Å². The lowest BCUT2D eigenvalue weighted by atomic mass is 9.68. The van der Waals surface area contributed by atoms with Crippen LogP contribution in [0.25, 0.3) is 11.3 Å². The molecular formula is C33H33Br2N3OS. The number of hydrogen-bond donors (Lipinski definition) is 0. The number of aliphatic imine (C=N–C) groups is 1. The molecule has 206 valence electrons. The van der Waals surface area contributed by atoms with E-state index in [1.165, 1.54) is 63.7 Å². The minimum Gasteiger partial charge on any atom is -0.485 e. The van der Waals surface area contributed by atoms with Crippen molar-refractivity contribution >= 4 is 60.8 Å². The summed E-state index contributed by atoms with van der Waals surface area (Å²) in [7, 11) is 0. The first-order valence-electron chi connectivity index (χ1n) is 14.1. The number of halogens is 2. The highest BCUT2D eigenvalue weighted by molar-refractivity contribution is 9.11. The summed E-state index contributed by atoms with van der Waals surface area (Å²) in [6, 6.07) is 23.0. The Morgan fingerprint density at radius 3 is 2.38 bits per heavy atom. The number of nitrogens with zero attached hydrogens (tertiary/aromatic N) is 3. The average Bonchev–Trinajstić information content (AvgIpc) is 3.46. The first-order chi connectivity index (χ1) is 19.6. The summed E-state index contributed by atoms with van der Waals surface area (Å²) in [5.41, 5.74) is 6.06. The molecule has 0 atom stereocenters. The summed E-state index contributed by atoms with van der Waals surface area (Å²) in [5, 5.41) is 3.01. The minimum absolute atomic E-state index is 0.435. The Labute approximate surface area is 257 Å². The molecule has 1 saturated heterocycles. The highest BCUT2D eigenvalue weighted by Crippen LogP contribution is 2.45. The topological polar surface area (TPSA) is 37.7 Å². The van der Waals surface area contributed by atoms with Gasteiger partial charge in [-0.15, -0.1) is 11.3 Å². The quantitative estimate of drug-likeness (QED) is 0.183. The number of rotatable bonds is 7. The van der Waals surface area contributed by atoms with E-state index in [9.17, 15) is 0 Å². The number of hydrogen-bond acceptors (Lipinski definition) is 5. The Balaban J connectivity index is 1.02. The van der Waals surface area contributed by atoms with E-state index in [0.717, 1.165) is 42.2 Å². The van der Waals surface area contributed by atoms with Gasteiger partial charge in [-0.25, -0.2) is 4.98 Å². The minimum atomic E-state index is 0.435. The molecule has 0 amide bonds. The monoisotopic (exact) mass is 677 g/mol. The van der Waals surface area contributed by atoms with Gasteiger partial charge in [-0.05, 0) is 95.1 Å². The second kappa shape index (κ2) is 12.6. The molecule has 0 bridgehead atoms. The number of thiazole rings is 1. The molecule has 3 aromatic carbocycles. The Bertz CT molecular complexity index is 1450. The van der Waals surface area contributed by atoms with Crippen LogP contribution in [-0.4, -0.2) is 24.3 Å². The summed E-state index contributed by atoms with van der Waals surface area (Å²) >= 11 is 8.62. The van der Waals surface area contributed by atoms with Crippen LogP contribution in [0.5, 0.6) is 5.75 Å². The van der Waals surface area contributed by atoms with Gasteiger partial charge in [-0.1, -0.05) is 59.5 Å². The smallest absolute Gasteiger partial charge is 0.140 e. The van der Waals surface area contributed by atoms with E-state index in [1.54, 1.807) is 11.3 Å². The molecule has 0 unspecified atom stereocenters. The van der Waals surface area contributed by atoms with Gasteiger partial charge in [-0.3, -0.25) is 4.99 Å². The molecule has 6 rings (SSSR count). The van der Waals surface area contributed by atoms with Crippen LogP contribution in [0.1, 0.15) is 55.5 Å². The molecule has 1 aliphatic heterocycles. The normalized spacial score (nSPS) is 17.0. The van der Waals surface area contributed by atoms with Crippen molar-refractivity contribution in [2.75, 3.05) is 18.0 Å². The molecule has 2 heterocycles. The van der Waals surface area contributed by atoms with Gasteiger partial charge in [0.05, 0.1) is 15.9 Å². The summed E-state index contributed by atoms with van der Waals surface area (Å²) in [6.45, 7) is 2.82. The molecule has 2 aliphatic rings. The second-order valence-electron chi connectivity index (χ2n) is 10.9. The zero-order valence-corrected chi connectivity index (χ0v) is 26.5. The van der Waals surface area contributed by atoms with Gasteiger partial charge in [0.1, 0.15) is 17.4 Å². The molecule has 2 fully saturated rings. The SMILES string of the molecule is Brc1ccc(OCc2nc(-c3ccc(N=Cc4ccc(N5CCC6(CCCCC6)CC5)cc4)cc3)cs2)c(Br)c1.